The smallest absolute Gasteiger partial charge is 0.133 e. The van der Waals surface area contributed by atoms with Gasteiger partial charge in [-0.25, -0.2) is 15.0 Å². The monoisotopic (exact) mass is 317 g/mol. The Balaban J connectivity index is 1.87. The van der Waals surface area contributed by atoms with E-state index in [1.54, 1.807) is 6.20 Å². The number of aromatic nitrogens is 4. The highest BCUT2D eigenvalue weighted by Gasteiger charge is 2.21. The van der Waals surface area contributed by atoms with E-state index in [2.05, 4.69) is 15.0 Å². The molecule has 1 N–H and O–H groups in total. The number of aliphatic hydroxyl groups is 1. The first kappa shape index (κ1) is 15.9. The normalized spacial score (nSPS) is 17.6. The first-order chi connectivity index (χ1) is 11.2. The summed E-state index contributed by atoms with van der Waals surface area (Å²) >= 11 is 0. The van der Waals surface area contributed by atoms with Crippen LogP contribution in [0.1, 0.15) is 29.7 Å². The highest BCUT2D eigenvalue weighted by molar-refractivity contribution is 5.41. The zero-order valence-electron chi connectivity index (χ0n) is 13.6. The third-order valence-electron chi connectivity index (χ3n) is 4.14. The van der Waals surface area contributed by atoms with E-state index in [4.69, 9.17) is 4.74 Å². The van der Waals surface area contributed by atoms with Gasteiger partial charge in [0.1, 0.15) is 17.5 Å². The Labute approximate surface area is 136 Å². The van der Waals surface area contributed by atoms with Crippen LogP contribution in [0.4, 0.5) is 5.82 Å². The van der Waals surface area contributed by atoms with Gasteiger partial charge in [0.05, 0.1) is 25.5 Å². The number of hydrogen-bond acceptors (Lipinski definition) is 6. The van der Waals surface area contributed by atoms with Crippen LogP contribution < -0.4 is 4.90 Å². The zero-order chi connectivity index (χ0) is 16.2. The van der Waals surface area contributed by atoms with Crippen molar-refractivity contribution in [2.24, 2.45) is 7.05 Å². The fraction of sp³-hybridized carbons (Fsp3) is 0.562. The average molecular weight is 317 g/mol. The number of aliphatic hydroxyl groups excluding tert-OH is 1. The lowest BCUT2D eigenvalue weighted by Gasteiger charge is -2.23. The Hall–Kier alpha value is -1.99. The van der Waals surface area contributed by atoms with E-state index in [9.17, 15) is 5.11 Å². The Morgan fingerprint density at radius 2 is 2.30 bits per heavy atom. The molecule has 124 valence electrons. The lowest BCUT2D eigenvalue weighted by atomic mass is 10.0. The molecule has 0 aromatic carbocycles. The number of aryl methyl sites for hydroxylation is 2. The minimum atomic E-state index is 0.0648. The van der Waals surface area contributed by atoms with Gasteiger partial charge in [-0.15, -0.1) is 0 Å². The number of rotatable bonds is 6. The van der Waals surface area contributed by atoms with Gasteiger partial charge in [0.25, 0.3) is 0 Å². The lowest BCUT2D eigenvalue weighted by molar-refractivity contribution is 0.193. The second kappa shape index (κ2) is 7.06. The molecule has 0 spiro atoms. The molecule has 2 aromatic heterocycles. The Bertz CT molecular complexity index is 652. The lowest BCUT2D eigenvalue weighted by Crippen LogP contribution is -2.29. The van der Waals surface area contributed by atoms with Gasteiger partial charge in [-0.05, 0) is 13.3 Å². The highest BCUT2D eigenvalue weighted by Crippen LogP contribution is 2.26. The van der Waals surface area contributed by atoms with E-state index in [1.165, 1.54) is 0 Å². The predicted octanol–water partition coefficient (Wildman–Crippen LogP) is 1.02. The summed E-state index contributed by atoms with van der Waals surface area (Å²) in [5, 5.41) is 9.41. The molecule has 0 radical (unpaired) electrons. The van der Waals surface area contributed by atoms with Crippen molar-refractivity contribution in [2.75, 3.05) is 31.3 Å². The maximum Gasteiger partial charge on any atom is 0.133 e. The topological polar surface area (TPSA) is 76.3 Å². The summed E-state index contributed by atoms with van der Waals surface area (Å²) in [7, 11) is 1.96. The Morgan fingerprint density at radius 1 is 1.43 bits per heavy atom. The largest absolute Gasteiger partial charge is 0.395 e. The summed E-state index contributed by atoms with van der Waals surface area (Å²) in [5.41, 5.74) is 1.02. The van der Waals surface area contributed by atoms with Crippen LogP contribution in [-0.4, -0.2) is 51.0 Å². The van der Waals surface area contributed by atoms with Crippen molar-refractivity contribution in [1.82, 2.24) is 19.5 Å². The van der Waals surface area contributed by atoms with Gasteiger partial charge in [-0.3, -0.25) is 0 Å². The van der Waals surface area contributed by atoms with E-state index in [-0.39, 0.29) is 6.61 Å². The van der Waals surface area contributed by atoms with Crippen LogP contribution >= 0.6 is 0 Å². The molecule has 0 saturated carbocycles. The summed E-state index contributed by atoms with van der Waals surface area (Å²) in [6, 6.07) is 2.02. The zero-order valence-corrected chi connectivity index (χ0v) is 13.6. The molecular formula is C16H23N5O2. The highest BCUT2D eigenvalue weighted by atomic mass is 16.5. The van der Waals surface area contributed by atoms with Gasteiger partial charge < -0.3 is 19.3 Å². The molecule has 7 heteroatoms. The van der Waals surface area contributed by atoms with E-state index in [0.29, 0.717) is 19.0 Å². The third-order valence-corrected chi connectivity index (χ3v) is 4.14. The molecule has 1 aliphatic heterocycles. The van der Waals surface area contributed by atoms with E-state index in [1.807, 2.05) is 35.7 Å². The molecule has 3 rings (SSSR count). The van der Waals surface area contributed by atoms with Crippen molar-refractivity contribution in [1.29, 1.82) is 0 Å². The molecule has 0 aliphatic carbocycles. The van der Waals surface area contributed by atoms with Crippen molar-refractivity contribution in [3.05, 3.63) is 35.8 Å². The molecule has 2 aromatic rings. The van der Waals surface area contributed by atoms with Gasteiger partial charge >= 0.3 is 0 Å². The average Bonchev–Trinajstić information content (AvgIpc) is 3.18. The Morgan fingerprint density at radius 3 is 2.96 bits per heavy atom. The molecule has 0 unspecified atom stereocenters. The van der Waals surface area contributed by atoms with Gasteiger partial charge in [-0.2, -0.15) is 0 Å². The maximum atomic E-state index is 9.41. The molecule has 23 heavy (non-hydrogen) atoms. The summed E-state index contributed by atoms with van der Waals surface area (Å²) in [6.07, 6.45) is 4.69. The number of imidazole rings is 1. The van der Waals surface area contributed by atoms with Crippen LogP contribution in [0.2, 0.25) is 0 Å². The molecule has 1 fully saturated rings. The van der Waals surface area contributed by atoms with Gasteiger partial charge in [0.15, 0.2) is 0 Å². The minimum Gasteiger partial charge on any atom is -0.395 e. The fourth-order valence-corrected chi connectivity index (χ4v) is 2.83. The first-order valence-electron chi connectivity index (χ1n) is 7.92. The predicted molar refractivity (Wildman–Crippen MR) is 86.3 cm³/mol. The molecule has 7 nitrogen and oxygen atoms in total. The first-order valence-corrected chi connectivity index (χ1v) is 7.92. The van der Waals surface area contributed by atoms with E-state index >= 15 is 0 Å². The second-order valence-electron chi connectivity index (χ2n) is 5.86. The molecule has 0 bridgehead atoms. The standard InChI is InChI=1S/C16H23N5O2/c1-12-18-14(13-3-8-23-11-13)9-15(19-12)21(6-7-22)10-16-17-4-5-20(16)2/h4-5,9,13,22H,3,6-8,10-11H2,1-2H3/t13-/m0/s1. The van der Waals surface area contributed by atoms with Crippen molar-refractivity contribution in [3.63, 3.8) is 0 Å². The van der Waals surface area contributed by atoms with Crippen molar-refractivity contribution < 1.29 is 9.84 Å². The third kappa shape index (κ3) is 3.68. The Kier molecular flexibility index (Phi) is 4.88. The van der Waals surface area contributed by atoms with Gasteiger partial charge in [0, 0.05) is 44.6 Å². The summed E-state index contributed by atoms with van der Waals surface area (Å²) < 4.78 is 7.45. The summed E-state index contributed by atoms with van der Waals surface area (Å²) in [6.45, 7) is 4.58. The van der Waals surface area contributed by atoms with Crippen LogP contribution in [0.5, 0.6) is 0 Å². The SMILES string of the molecule is Cc1nc([C@H]2CCOC2)cc(N(CCO)Cc2nccn2C)n1. The number of nitrogens with zero attached hydrogens (tertiary/aromatic N) is 5. The molecule has 3 heterocycles. The van der Waals surface area contributed by atoms with E-state index in [0.717, 1.165) is 42.8 Å². The molecule has 1 atom stereocenters. The van der Waals surface area contributed by atoms with Crippen LogP contribution in [0, 0.1) is 6.92 Å². The van der Waals surface area contributed by atoms with E-state index < -0.39 is 0 Å². The molecule has 0 amide bonds. The van der Waals surface area contributed by atoms with Crippen LogP contribution in [0.15, 0.2) is 18.5 Å². The van der Waals surface area contributed by atoms with Crippen LogP contribution in [0.25, 0.3) is 0 Å². The van der Waals surface area contributed by atoms with Crippen molar-refractivity contribution in [3.8, 4) is 0 Å². The molecular weight excluding hydrogens is 294 g/mol. The quantitative estimate of drug-likeness (QED) is 0.857. The second-order valence-corrected chi connectivity index (χ2v) is 5.86. The van der Waals surface area contributed by atoms with Crippen LogP contribution in [-0.2, 0) is 18.3 Å². The number of ether oxygens (including phenoxy) is 1. The van der Waals surface area contributed by atoms with Gasteiger partial charge in [0.2, 0.25) is 0 Å². The minimum absolute atomic E-state index is 0.0648. The number of anilines is 1. The molecule has 1 aliphatic rings. The van der Waals surface area contributed by atoms with Gasteiger partial charge in [-0.1, -0.05) is 0 Å². The number of hydrogen-bond donors (Lipinski definition) is 1. The molecule has 1 saturated heterocycles. The summed E-state index contributed by atoms with van der Waals surface area (Å²) in [4.78, 5) is 15.5. The van der Waals surface area contributed by atoms with Crippen molar-refractivity contribution in [2.45, 2.75) is 25.8 Å². The maximum absolute atomic E-state index is 9.41. The summed E-state index contributed by atoms with van der Waals surface area (Å²) in [5.74, 6) is 2.84. The van der Waals surface area contributed by atoms with Crippen LogP contribution in [0.3, 0.4) is 0 Å². The van der Waals surface area contributed by atoms with Crippen molar-refractivity contribution >= 4 is 5.82 Å². The fourth-order valence-electron chi connectivity index (χ4n) is 2.83.